The number of aryl methyl sites for hydroxylation is 1. The summed E-state index contributed by atoms with van der Waals surface area (Å²) in [5.74, 6) is 1.14. The second-order valence-electron chi connectivity index (χ2n) is 8.85. The lowest BCUT2D eigenvalue weighted by atomic mass is 9.88. The van der Waals surface area contributed by atoms with Crippen molar-refractivity contribution in [1.82, 2.24) is 9.62 Å². The minimum absolute atomic E-state index is 0.0500. The van der Waals surface area contributed by atoms with E-state index in [1.807, 2.05) is 32.0 Å². The Hall–Kier alpha value is -1.99. The van der Waals surface area contributed by atoms with Crippen LogP contribution in [0.2, 0.25) is 0 Å². The van der Waals surface area contributed by atoms with Gasteiger partial charge in [0.1, 0.15) is 11.4 Å². The van der Waals surface area contributed by atoms with Crippen molar-refractivity contribution in [3.63, 3.8) is 0 Å². The maximum absolute atomic E-state index is 12.9. The number of aliphatic imine (C=N–C) groups is 1. The molecule has 1 aliphatic carbocycles. The van der Waals surface area contributed by atoms with Gasteiger partial charge in [0.15, 0.2) is 0 Å². The van der Waals surface area contributed by atoms with Crippen LogP contribution in [0.3, 0.4) is 0 Å². The fourth-order valence-corrected chi connectivity index (χ4v) is 5.94. The number of nitrogens with zero attached hydrogens (tertiary/aromatic N) is 2. The van der Waals surface area contributed by atoms with Gasteiger partial charge in [-0.25, -0.2) is 8.42 Å². The molecular formula is C23H31N3O3S. The smallest absolute Gasteiger partial charge is 0.253 e. The lowest BCUT2D eigenvalue weighted by Crippen LogP contribution is -2.50. The highest BCUT2D eigenvalue weighted by Crippen LogP contribution is 2.35. The summed E-state index contributed by atoms with van der Waals surface area (Å²) in [6.45, 7) is 4.63. The molecule has 1 N–H and O–H groups in total. The molecular weight excluding hydrogens is 398 g/mol. The third kappa shape index (κ3) is 4.10. The summed E-state index contributed by atoms with van der Waals surface area (Å²) in [4.78, 5) is 17.6. The number of piperidine rings is 1. The first-order valence-electron chi connectivity index (χ1n) is 11.0. The molecule has 4 rings (SSSR count). The second-order valence-corrected chi connectivity index (χ2v) is 10.7. The first-order valence-corrected chi connectivity index (χ1v) is 12.5. The molecule has 162 valence electrons. The minimum atomic E-state index is -3.54. The van der Waals surface area contributed by atoms with Crippen molar-refractivity contribution in [2.45, 2.75) is 64.3 Å². The Morgan fingerprint density at radius 3 is 2.53 bits per heavy atom. The molecule has 1 spiro atoms. The van der Waals surface area contributed by atoms with Crippen LogP contribution in [0.15, 0.2) is 28.6 Å². The summed E-state index contributed by atoms with van der Waals surface area (Å²) in [5.41, 5.74) is 2.33. The standard InChI is InChI=1S/C23H31N3O3S/c1-17-7-6-10-19(18(17)2)11-16-30(28,29)26-14-12-23(13-15-26)22(27)24-21(25-23)20-8-4-3-5-9-20/h6-7,10-11,16,20H,3-5,8-9,12-15H2,1-2H3,(H,24,25,27). The second kappa shape index (κ2) is 8.27. The minimum Gasteiger partial charge on any atom is -0.312 e. The van der Waals surface area contributed by atoms with Crippen LogP contribution in [0.25, 0.3) is 6.08 Å². The van der Waals surface area contributed by atoms with Crippen LogP contribution < -0.4 is 5.32 Å². The molecule has 1 amide bonds. The zero-order chi connectivity index (χ0) is 21.4. The number of amides is 1. The lowest BCUT2D eigenvalue weighted by molar-refractivity contribution is -0.124. The molecule has 1 aromatic carbocycles. The van der Waals surface area contributed by atoms with Crippen molar-refractivity contribution in [3.8, 4) is 0 Å². The van der Waals surface area contributed by atoms with Crippen LogP contribution in [-0.2, 0) is 14.8 Å². The van der Waals surface area contributed by atoms with E-state index in [2.05, 4.69) is 5.32 Å². The number of amidine groups is 1. The molecule has 1 aromatic rings. The number of carbonyl (C=O) groups excluding carboxylic acids is 1. The van der Waals surface area contributed by atoms with E-state index in [1.165, 1.54) is 29.0 Å². The van der Waals surface area contributed by atoms with Crippen LogP contribution in [0, 0.1) is 19.8 Å². The Labute approximate surface area is 179 Å². The Morgan fingerprint density at radius 1 is 1.13 bits per heavy atom. The van der Waals surface area contributed by atoms with E-state index in [4.69, 9.17) is 4.99 Å². The quantitative estimate of drug-likeness (QED) is 0.795. The first-order chi connectivity index (χ1) is 14.3. The van der Waals surface area contributed by atoms with Gasteiger partial charge in [0.25, 0.3) is 5.91 Å². The molecule has 6 nitrogen and oxygen atoms in total. The van der Waals surface area contributed by atoms with E-state index in [9.17, 15) is 13.2 Å². The average molecular weight is 430 g/mol. The fourth-order valence-electron chi connectivity index (χ4n) is 4.76. The SMILES string of the molecule is Cc1cccc(C=CS(=O)(=O)N2CCC3(CC2)N=C(C2CCCCC2)NC3=O)c1C. The van der Waals surface area contributed by atoms with Crippen LogP contribution in [-0.4, -0.2) is 43.1 Å². The summed E-state index contributed by atoms with van der Waals surface area (Å²) in [5, 5.41) is 4.31. The summed E-state index contributed by atoms with van der Waals surface area (Å²) < 4.78 is 27.2. The largest absolute Gasteiger partial charge is 0.312 e. The summed E-state index contributed by atoms with van der Waals surface area (Å²) in [6, 6.07) is 5.86. The number of nitrogens with one attached hydrogen (secondary N) is 1. The van der Waals surface area contributed by atoms with Gasteiger partial charge < -0.3 is 5.32 Å². The predicted molar refractivity (Wildman–Crippen MR) is 120 cm³/mol. The Balaban J connectivity index is 1.44. The molecule has 30 heavy (non-hydrogen) atoms. The Kier molecular flexibility index (Phi) is 5.86. The van der Waals surface area contributed by atoms with Gasteiger partial charge in [-0.3, -0.25) is 9.79 Å². The molecule has 0 aromatic heterocycles. The third-order valence-electron chi connectivity index (χ3n) is 6.97. The molecule has 0 unspecified atom stereocenters. The van der Waals surface area contributed by atoms with Gasteiger partial charge in [0, 0.05) is 24.4 Å². The van der Waals surface area contributed by atoms with Crippen molar-refractivity contribution in [2.24, 2.45) is 10.9 Å². The number of hydrogen-bond acceptors (Lipinski definition) is 4. The molecule has 7 heteroatoms. The van der Waals surface area contributed by atoms with Gasteiger partial charge >= 0.3 is 0 Å². The van der Waals surface area contributed by atoms with E-state index >= 15 is 0 Å². The highest BCUT2D eigenvalue weighted by molar-refractivity contribution is 7.92. The van der Waals surface area contributed by atoms with E-state index in [-0.39, 0.29) is 5.91 Å². The van der Waals surface area contributed by atoms with Crippen LogP contribution >= 0.6 is 0 Å². The molecule has 0 atom stereocenters. The van der Waals surface area contributed by atoms with Gasteiger partial charge in [0.2, 0.25) is 10.0 Å². The number of benzene rings is 1. The van der Waals surface area contributed by atoms with Crippen LogP contribution in [0.5, 0.6) is 0 Å². The van der Waals surface area contributed by atoms with Gasteiger partial charge in [-0.1, -0.05) is 37.5 Å². The molecule has 2 aliphatic heterocycles. The number of sulfonamides is 1. The number of rotatable bonds is 4. The Bertz CT molecular complexity index is 983. The average Bonchev–Trinajstić information content (AvgIpc) is 3.06. The summed E-state index contributed by atoms with van der Waals surface area (Å²) >= 11 is 0. The monoisotopic (exact) mass is 429 g/mol. The van der Waals surface area contributed by atoms with Crippen molar-refractivity contribution >= 4 is 27.8 Å². The van der Waals surface area contributed by atoms with E-state index < -0.39 is 15.6 Å². The fraction of sp³-hybridized carbons (Fsp3) is 0.565. The number of hydrogen-bond donors (Lipinski definition) is 1. The molecule has 1 saturated carbocycles. The molecule has 1 saturated heterocycles. The molecule has 0 bridgehead atoms. The number of carbonyl (C=O) groups is 1. The van der Waals surface area contributed by atoms with Gasteiger partial charge in [-0.2, -0.15) is 4.31 Å². The first kappa shape index (κ1) is 21.2. The third-order valence-corrected chi connectivity index (χ3v) is 8.53. The normalized spacial score (nSPS) is 23.1. The maximum Gasteiger partial charge on any atom is 0.253 e. The molecule has 0 radical (unpaired) electrons. The lowest BCUT2D eigenvalue weighted by Gasteiger charge is -2.34. The summed E-state index contributed by atoms with van der Waals surface area (Å²) in [6.07, 6.45) is 8.33. The zero-order valence-corrected chi connectivity index (χ0v) is 18.7. The van der Waals surface area contributed by atoms with Crippen LogP contribution in [0.4, 0.5) is 0 Å². The topological polar surface area (TPSA) is 78.8 Å². The van der Waals surface area contributed by atoms with Crippen LogP contribution in [0.1, 0.15) is 61.6 Å². The molecule has 3 aliphatic rings. The van der Waals surface area contributed by atoms with Gasteiger partial charge in [-0.05, 0) is 62.3 Å². The van der Waals surface area contributed by atoms with E-state index in [0.29, 0.717) is 31.8 Å². The highest BCUT2D eigenvalue weighted by atomic mass is 32.2. The molecule has 2 heterocycles. The highest BCUT2D eigenvalue weighted by Gasteiger charge is 2.48. The van der Waals surface area contributed by atoms with Crippen molar-refractivity contribution < 1.29 is 13.2 Å². The van der Waals surface area contributed by atoms with Crippen molar-refractivity contribution in [1.29, 1.82) is 0 Å². The maximum atomic E-state index is 12.9. The van der Waals surface area contributed by atoms with E-state index in [1.54, 1.807) is 6.08 Å². The van der Waals surface area contributed by atoms with Gasteiger partial charge in [0.05, 0.1) is 0 Å². The molecule has 2 fully saturated rings. The van der Waals surface area contributed by atoms with Crippen molar-refractivity contribution in [2.75, 3.05) is 13.1 Å². The van der Waals surface area contributed by atoms with Gasteiger partial charge in [-0.15, -0.1) is 0 Å². The van der Waals surface area contributed by atoms with E-state index in [0.717, 1.165) is 35.4 Å². The zero-order valence-electron chi connectivity index (χ0n) is 17.9. The van der Waals surface area contributed by atoms with Crippen molar-refractivity contribution in [3.05, 3.63) is 40.3 Å². The summed E-state index contributed by atoms with van der Waals surface area (Å²) in [7, 11) is -3.54. The predicted octanol–water partition coefficient (Wildman–Crippen LogP) is 3.55. The Morgan fingerprint density at radius 2 is 1.83 bits per heavy atom.